The third-order valence-corrected chi connectivity index (χ3v) is 6.77. The van der Waals surface area contributed by atoms with Crippen LogP contribution in [-0.2, 0) is 28.7 Å². The molecule has 0 aliphatic carbocycles. The lowest BCUT2D eigenvalue weighted by molar-refractivity contribution is -0.154. The lowest BCUT2D eigenvalue weighted by Crippen LogP contribution is -2.05. The highest BCUT2D eigenvalue weighted by Gasteiger charge is 2.32. The summed E-state index contributed by atoms with van der Waals surface area (Å²) in [5, 5.41) is 0. The van der Waals surface area contributed by atoms with Crippen LogP contribution in [0, 0.1) is 11.8 Å². The van der Waals surface area contributed by atoms with Crippen LogP contribution in [-0.4, -0.2) is 23.9 Å². The summed E-state index contributed by atoms with van der Waals surface area (Å²) >= 11 is 0. The van der Waals surface area contributed by atoms with Crippen molar-refractivity contribution in [2.24, 2.45) is 11.8 Å². The van der Waals surface area contributed by atoms with E-state index >= 15 is 0 Å². The fraction of sp³-hybridized carbons (Fsp3) is 0.742. The summed E-state index contributed by atoms with van der Waals surface area (Å²) in [6, 6.07) is 0. The number of rotatable bonds is 19. The number of cyclic esters (lactones) is 4. The summed E-state index contributed by atoms with van der Waals surface area (Å²) in [4.78, 5) is 44.1. The van der Waals surface area contributed by atoms with Crippen LogP contribution in [0.25, 0.3) is 0 Å². The van der Waals surface area contributed by atoms with Crippen molar-refractivity contribution < 1.29 is 28.7 Å². The van der Waals surface area contributed by atoms with Gasteiger partial charge in [0.05, 0.1) is 24.7 Å². The van der Waals surface area contributed by atoms with Crippen LogP contribution in [0.15, 0.2) is 24.3 Å². The van der Waals surface area contributed by atoms with Crippen molar-refractivity contribution in [2.75, 3.05) is 0 Å². The number of allylic oxidation sites excluding steroid dienone is 3. The number of esters is 4. The van der Waals surface area contributed by atoms with E-state index in [4.69, 9.17) is 0 Å². The average molecular weight is 519 g/mol. The summed E-state index contributed by atoms with van der Waals surface area (Å²) in [7, 11) is 0. The molecule has 2 heterocycles. The number of ether oxygens (including phenoxy) is 2. The smallest absolute Gasteiger partial charge is 0.321 e. The molecule has 2 fully saturated rings. The fourth-order valence-electron chi connectivity index (χ4n) is 4.42. The molecule has 6 heteroatoms. The molecule has 2 rings (SSSR count). The zero-order chi connectivity index (χ0) is 27.1. The van der Waals surface area contributed by atoms with E-state index in [2.05, 4.69) is 29.4 Å². The monoisotopic (exact) mass is 518 g/mol. The molecule has 0 spiro atoms. The zero-order valence-electron chi connectivity index (χ0n) is 23.3. The highest BCUT2D eigenvalue weighted by molar-refractivity contribution is 5.95. The summed E-state index contributed by atoms with van der Waals surface area (Å²) in [5.74, 6) is -2.10. The van der Waals surface area contributed by atoms with Gasteiger partial charge < -0.3 is 9.47 Å². The standard InChI is InChI=1S/C16H26O3.C15H24O3/c1-2-3-4-5-6-7-8-9-10-11-12-14-13-15(17)19-16(14)18;1-2-3-4-5-6-7-8-9-10-11-13-12-14(16)18-15(13)17/h10-11,14H,2-9,12-13H2,1H3;10-11,13H,2-9,12H2,1H3/b2*11-10+. The van der Waals surface area contributed by atoms with Gasteiger partial charge in [-0.1, -0.05) is 115 Å². The molecular formula is C31H50O6. The van der Waals surface area contributed by atoms with Gasteiger partial charge in [0, 0.05) is 0 Å². The molecule has 6 nitrogen and oxygen atoms in total. The minimum Gasteiger partial charge on any atom is -0.393 e. The molecule has 0 bridgehead atoms. The van der Waals surface area contributed by atoms with Crippen LogP contribution in [0.4, 0.5) is 0 Å². The molecule has 37 heavy (non-hydrogen) atoms. The van der Waals surface area contributed by atoms with Crippen LogP contribution < -0.4 is 0 Å². The first-order chi connectivity index (χ1) is 18.0. The van der Waals surface area contributed by atoms with Crippen molar-refractivity contribution in [3.63, 3.8) is 0 Å². The Labute approximate surface area is 224 Å². The van der Waals surface area contributed by atoms with E-state index in [1.54, 1.807) is 0 Å². The Hall–Kier alpha value is -2.24. The molecule has 2 atom stereocenters. The van der Waals surface area contributed by atoms with E-state index in [1.807, 2.05) is 18.2 Å². The third kappa shape index (κ3) is 17.0. The first-order valence-corrected chi connectivity index (χ1v) is 14.8. The molecule has 2 aliphatic heterocycles. The highest BCUT2D eigenvalue weighted by Crippen LogP contribution is 2.20. The lowest BCUT2D eigenvalue weighted by Gasteiger charge is -2.00. The van der Waals surface area contributed by atoms with Crippen LogP contribution in [0.1, 0.15) is 136 Å². The third-order valence-electron chi connectivity index (χ3n) is 6.77. The van der Waals surface area contributed by atoms with Gasteiger partial charge in [0.25, 0.3) is 0 Å². The molecule has 0 amide bonds. The van der Waals surface area contributed by atoms with Crippen LogP contribution in [0.3, 0.4) is 0 Å². The average Bonchev–Trinajstić information content (AvgIpc) is 3.37. The number of unbranched alkanes of at least 4 members (excludes halogenated alkanes) is 14. The van der Waals surface area contributed by atoms with Gasteiger partial charge in [-0.3, -0.25) is 19.2 Å². The zero-order valence-corrected chi connectivity index (χ0v) is 23.3. The van der Waals surface area contributed by atoms with Gasteiger partial charge in [-0.15, -0.1) is 0 Å². The number of hydrogen-bond donors (Lipinski definition) is 0. The maximum atomic E-state index is 11.2. The van der Waals surface area contributed by atoms with Crippen molar-refractivity contribution in [1.82, 2.24) is 0 Å². The quantitative estimate of drug-likeness (QED) is 0.0746. The fourth-order valence-corrected chi connectivity index (χ4v) is 4.42. The minimum absolute atomic E-state index is 0.215. The second-order valence-electron chi connectivity index (χ2n) is 10.3. The summed E-state index contributed by atoms with van der Waals surface area (Å²) in [6.45, 7) is 4.46. The molecule has 2 saturated heterocycles. The molecule has 0 radical (unpaired) electrons. The molecule has 2 aliphatic rings. The van der Waals surface area contributed by atoms with Crippen LogP contribution in [0.2, 0.25) is 0 Å². The molecule has 0 aromatic heterocycles. The van der Waals surface area contributed by atoms with Gasteiger partial charge in [0.15, 0.2) is 0 Å². The van der Waals surface area contributed by atoms with Gasteiger partial charge >= 0.3 is 23.9 Å². The van der Waals surface area contributed by atoms with Gasteiger partial charge in [-0.05, 0) is 32.1 Å². The maximum absolute atomic E-state index is 11.2. The van der Waals surface area contributed by atoms with Crippen molar-refractivity contribution in [1.29, 1.82) is 0 Å². The predicted octanol–water partition coefficient (Wildman–Crippen LogP) is 7.94. The Balaban J connectivity index is 0.000000371. The molecule has 0 N–H and O–H groups in total. The Morgan fingerprint density at radius 1 is 0.595 bits per heavy atom. The van der Waals surface area contributed by atoms with Crippen LogP contribution >= 0.6 is 0 Å². The molecule has 210 valence electrons. The summed E-state index contributed by atoms with van der Waals surface area (Å²) < 4.78 is 8.98. The first-order valence-electron chi connectivity index (χ1n) is 14.8. The van der Waals surface area contributed by atoms with E-state index in [-0.39, 0.29) is 36.6 Å². The van der Waals surface area contributed by atoms with Crippen molar-refractivity contribution >= 4 is 23.9 Å². The Morgan fingerprint density at radius 2 is 1.08 bits per heavy atom. The lowest BCUT2D eigenvalue weighted by atomic mass is 10.0. The van der Waals surface area contributed by atoms with E-state index in [9.17, 15) is 19.2 Å². The van der Waals surface area contributed by atoms with Gasteiger partial charge in [0.1, 0.15) is 0 Å². The topological polar surface area (TPSA) is 86.7 Å². The molecule has 2 unspecified atom stereocenters. The second-order valence-corrected chi connectivity index (χ2v) is 10.3. The Morgan fingerprint density at radius 3 is 1.57 bits per heavy atom. The summed E-state index contributed by atoms with van der Waals surface area (Å²) in [5.41, 5.74) is 0. The van der Waals surface area contributed by atoms with Gasteiger partial charge in [-0.2, -0.15) is 0 Å². The number of hydrogen-bond acceptors (Lipinski definition) is 6. The normalized spacial score (nSPS) is 19.5. The maximum Gasteiger partial charge on any atom is 0.321 e. The van der Waals surface area contributed by atoms with E-state index in [1.165, 1.54) is 89.9 Å². The largest absolute Gasteiger partial charge is 0.393 e. The second kappa shape index (κ2) is 21.8. The Bertz CT molecular complexity index is 723. The van der Waals surface area contributed by atoms with Crippen molar-refractivity contribution in [3.05, 3.63) is 24.3 Å². The predicted molar refractivity (Wildman–Crippen MR) is 147 cm³/mol. The van der Waals surface area contributed by atoms with E-state index in [0.29, 0.717) is 6.42 Å². The minimum atomic E-state index is -0.398. The molecule has 0 saturated carbocycles. The first kappa shape index (κ1) is 32.8. The van der Waals surface area contributed by atoms with Gasteiger partial charge in [-0.25, -0.2) is 0 Å². The van der Waals surface area contributed by atoms with E-state index < -0.39 is 11.9 Å². The highest BCUT2D eigenvalue weighted by atomic mass is 16.6. The molecule has 0 aromatic rings. The van der Waals surface area contributed by atoms with Crippen molar-refractivity contribution in [2.45, 2.75) is 136 Å². The van der Waals surface area contributed by atoms with Gasteiger partial charge in [0.2, 0.25) is 0 Å². The Kier molecular flexibility index (Phi) is 19.3. The SMILES string of the molecule is CCCCCCCCC/C=C/C1CC(=O)OC1=O.CCCCCCCCC/C=C/CC1CC(=O)OC1=O. The van der Waals surface area contributed by atoms with E-state index in [0.717, 1.165) is 12.8 Å². The van der Waals surface area contributed by atoms with Crippen molar-refractivity contribution in [3.8, 4) is 0 Å². The molecule has 0 aromatic carbocycles. The van der Waals surface area contributed by atoms with Crippen LogP contribution in [0.5, 0.6) is 0 Å². The molecular weight excluding hydrogens is 468 g/mol. The summed E-state index contributed by atoms with van der Waals surface area (Å²) in [6.07, 6.45) is 29.4. The number of carbonyl (C=O) groups excluding carboxylic acids is 4. The number of carbonyl (C=O) groups is 4.